The number of allylic oxidation sites excluding steroid dienone is 30. The fourth-order valence-electron chi connectivity index (χ4n) is 8.55. The maximum atomic E-state index is 12.9. The minimum atomic E-state index is -0.828. The van der Waals surface area contributed by atoms with E-state index < -0.39 is 6.10 Å². The summed E-state index contributed by atoms with van der Waals surface area (Å²) in [5, 5.41) is 0. The molecular formula is C77H120O6. The van der Waals surface area contributed by atoms with Gasteiger partial charge in [0, 0.05) is 19.3 Å². The molecule has 0 bridgehead atoms. The van der Waals surface area contributed by atoms with Crippen LogP contribution in [0.2, 0.25) is 0 Å². The molecule has 1 unspecified atom stereocenters. The molecular weight excluding hydrogens is 1020 g/mol. The number of rotatable bonds is 58. The lowest BCUT2D eigenvalue weighted by Crippen LogP contribution is -2.30. The monoisotopic (exact) mass is 1140 g/mol. The molecule has 0 radical (unpaired) electrons. The number of esters is 3. The summed E-state index contributed by atoms with van der Waals surface area (Å²) >= 11 is 0. The molecule has 0 aromatic heterocycles. The van der Waals surface area contributed by atoms with Crippen LogP contribution in [0.15, 0.2) is 182 Å². The van der Waals surface area contributed by atoms with Crippen molar-refractivity contribution in [3.8, 4) is 0 Å². The fraction of sp³-hybridized carbons (Fsp3) is 0.571. The zero-order chi connectivity index (χ0) is 59.9. The fourth-order valence-corrected chi connectivity index (χ4v) is 8.55. The summed E-state index contributed by atoms with van der Waals surface area (Å²) in [7, 11) is 0. The quantitative estimate of drug-likeness (QED) is 0.0261. The molecule has 83 heavy (non-hydrogen) atoms. The molecule has 0 aromatic rings. The van der Waals surface area contributed by atoms with Gasteiger partial charge in [-0.3, -0.25) is 14.4 Å². The first-order chi connectivity index (χ1) is 41.0. The maximum absolute atomic E-state index is 12.9. The Kier molecular flexibility index (Phi) is 64.4. The molecule has 0 aliphatic carbocycles. The van der Waals surface area contributed by atoms with Crippen molar-refractivity contribution in [1.82, 2.24) is 0 Å². The topological polar surface area (TPSA) is 78.9 Å². The number of hydrogen-bond donors (Lipinski definition) is 0. The van der Waals surface area contributed by atoms with Gasteiger partial charge in [-0.25, -0.2) is 0 Å². The standard InChI is InChI=1S/C77H120O6/c1-4-7-10-13-16-19-22-25-27-29-31-33-35-37-38-40-41-43-45-47-49-52-55-58-61-64-67-70-76(79)82-73-74(72-81-75(78)69-66-63-60-57-54-51-24-21-18-15-12-9-6-3)83-77(80)71-68-65-62-59-56-53-50-48-46-44-42-39-36-34-32-30-28-26-23-20-17-14-11-8-5-2/h7-12,16-21,25-28,31-34,37-39,42,46,48,51,54,60,63,74H,4-6,13-15,22-24,29-30,35-36,40-41,43-45,47,49-50,52-53,55-59,61-62,64-73H2,1-3H3/b10-7-,11-8-,12-9-,19-16-,20-17-,21-18-,27-25-,28-26-,33-31-,34-32-,38-37-,42-39-,48-46-,54-51-,63-60-. The van der Waals surface area contributed by atoms with E-state index >= 15 is 0 Å². The molecule has 0 saturated heterocycles. The molecule has 0 fully saturated rings. The summed E-state index contributed by atoms with van der Waals surface area (Å²) in [4.78, 5) is 38.3. The van der Waals surface area contributed by atoms with Gasteiger partial charge in [-0.1, -0.05) is 287 Å². The Morgan fingerprint density at radius 1 is 0.241 bits per heavy atom. The first kappa shape index (κ1) is 77.5. The predicted octanol–water partition coefficient (Wildman–Crippen LogP) is 23.2. The Hall–Kier alpha value is -5.49. The van der Waals surface area contributed by atoms with Gasteiger partial charge in [-0.05, 0) is 141 Å². The lowest BCUT2D eigenvalue weighted by atomic mass is 10.0. The molecule has 0 saturated carbocycles. The van der Waals surface area contributed by atoms with E-state index in [9.17, 15) is 14.4 Å². The highest BCUT2D eigenvalue weighted by Gasteiger charge is 2.19. The minimum absolute atomic E-state index is 0.116. The van der Waals surface area contributed by atoms with Crippen molar-refractivity contribution in [2.45, 2.75) is 271 Å². The minimum Gasteiger partial charge on any atom is -0.462 e. The number of carbonyl (C=O) groups is 3. The first-order valence-electron chi connectivity index (χ1n) is 33.3. The van der Waals surface area contributed by atoms with Gasteiger partial charge in [0.15, 0.2) is 6.10 Å². The molecule has 0 spiro atoms. The summed E-state index contributed by atoms with van der Waals surface area (Å²) in [5.74, 6) is -1.02. The van der Waals surface area contributed by atoms with Gasteiger partial charge in [-0.2, -0.15) is 0 Å². The van der Waals surface area contributed by atoms with Crippen LogP contribution >= 0.6 is 0 Å². The molecule has 6 heteroatoms. The predicted molar refractivity (Wildman–Crippen MR) is 361 cm³/mol. The molecule has 1 atom stereocenters. The number of carbonyl (C=O) groups excluding carboxylic acids is 3. The number of ether oxygens (including phenoxy) is 3. The van der Waals surface area contributed by atoms with Crippen molar-refractivity contribution in [3.63, 3.8) is 0 Å². The van der Waals surface area contributed by atoms with E-state index in [1.807, 2.05) is 12.2 Å². The Labute approximate surface area is 510 Å². The summed E-state index contributed by atoms with van der Waals surface area (Å²) < 4.78 is 16.9. The van der Waals surface area contributed by atoms with Crippen molar-refractivity contribution in [1.29, 1.82) is 0 Å². The van der Waals surface area contributed by atoms with E-state index in [-0.39, 0.29) is 44.0 Å². The van der Waals surface area contributed by atoms with Gasteiger partial charge in [-0.15, -0.1) is 0 Å². The van der Waals surface area contributed by atoms with E-state index in [4.69, 9.17) is 14.2 Å². The Morgan fingerprint density at radius 2 is 0.458 bits per heavy atom. The van der Waals surface area contributed by atoms with Crippen molar-refractivity contribution in [2.75, 3.05) is 13.2 Å². The van der Waals surface area contributed by atoms with Gasteiger partial charge in [0.05, 0.1) is 0 Å². The van der Waals surface area contributed by atoms with Crippen LogP contribution in [0.3, 0.4) is 0 Å². The molecule has 0 rings (SSSR count). The smallest absolute Gasteiger partial charge is 0.306 e. The average Bonchev–Trinajstić information content (AvgIpc) is 3.49. The molecule has 0 aliphatic heterocycles. The average molecular weight is 1140 g/mol. The molecule has 0 amide bonds. The Morgan fingerprint density at radius 3 is 0.747 bits per heavy atom. The molecule has 0 aliphatic rings. The van der Waals surface area contributed by atoms with E-state index in [1.165, 1.54) is 70.6 Å². The zero-order valence-corrected chi connectivity index (χ0v) is 53.1. The van der Waals surface area contributed by atoms with Crippen LogP contribution in [0.1, 0.15) is 265 Å². The largest absolute Gasteiger partial charge is 0.462 e. The normalized spacial score (nSPS) is 13.3. The van der Waals surface area contributed by atoms with Crippen LogP contribution in [-0.2, 0) is 28.6 Å². The Bertz CT molecular complexity index is 1940. The SMILES string of the molecule is CC/C=C\C/C=C\C/C=C\C/C=C\C/C=C\C/C=C\CCCCCCCCC(=O)OC(COC(=O)CC/C=C\C/C=C\C/C=C\C/C=C\CC)COC(=O)CCCCCCCCCCCCC/C=C\C/C=C\C/C=C\C/C=C\C/C=C\CC. The highest BCUT2D eigenvalue weighted by atomic mass is 16.6. The third kappa shape index (κ3) is 67.2. The van der Waals surface area contributed by atoms with Gasteiger partial charge >= 0.3 is 17.9 Å². The second-order valence-corrected chi connectivity index (χ2v) is 21.2. The second-order valence-electron chi connectivity index (χ2n) is 21.2. The third-order valence-electron chi connectivity index (χ3n) is 13.4. The van der Waals surface area contributed by atoms with E-state index in [2.05, 4.69) is 191 Å². The summed E-state index contributed by atoms with van der Waals surface area (Å²) in [6.45, 7) is 6.21. The number of unbranched alkanes of at least 4 members (excludes halogenated alkanes) is 17. The van der Waals surface area contributed by atoms with Crippen LogP contribution in [0.5, 0.6) is 0 Å². The summed E-state index contributed by atoms with van der Waals surface area (Å²) in [6.07, 6.45) is 103. The van der Waals surface area contributed by atoms with Gasteiger partial charge in [0.2, 0.25) is 0 Å². The zero-order valence-electron chi connectivity index (χ0n) is 53.1. The highest BCUT2D eigenvalue weighted by Crippen LogP contribution is 2.15. The molecule has 0 aromatic carbocycles. The van der Waals surface area contributed by atoms with E-state index in [0.29, 0.717) is 12.8 Å². The maximum Gasteiger partial charge on any atom is 0.306 e. The van der Waals surface area contributed by atoms with Crippen molar-refractivity contribution >= 4 is 17.9 Å². The van der Waals surface area contributed by atoms with Crippen molar-refractivity contribution in [3.05, 3.63) is 182 Å². The lowest BCUT2D eigenvalue weighted by Gasteiger charge is -2.18. The lowest BCUT2D eigenvalue weighted by molar-refractivity contribution is -0.166. The van der Waals surface area contributed by atoms with Crippen LogP contribution < -0.4 is 0 Å². The van der Waals surface area contributed by atoms with Crippen LogP contribution in [-0.4, -0.2) is 37.2 Å². The molecule has 464 valence electrons. The van der Waals surface area contributed by atoms with Gasteiger partial charge < -0.3 is 14.2 Å². The summed E-state index contributed by atoms with van der Waals surface area (Å²) in [6, 6.07) is 0. The highest BCUT2D eigenvalue weighted by molar-refractivity contribution is 5.71. The molecule has 0 heterocycles. The van der Waals surface area contributed by atoms with Gasteiger partial charge in [0.1, 0.15) is 13.2 Å². The van der Waals surface area contributed by atoms with Gasteiger partial charge in [0.25, 0.3) is 0 Å². The second kappa shape index (κ2) is 69.0. The van der Waals surface area contributed by atoms with Crippen molar-refractivity contribution in [2.24, 2.45) is 0 Å². The van der Waals surface area contributed by atoms with E-state index in [0.717, 1.165) is 148 Å². The molecule has 0 N–H and O–H groups in total. The van der Waals surface area contributed by atoms with Crippen LogP contribution in [0.25, 0.3) is 0 Å². The van der Waals surface area contributed by atoms with Crippen molar-refractivity contribution < 1.29 is 28.6 Å². The number of hydrogen-bond acceptors (Lipinski definition) is 6. The van der Waals surface area contributed by atoms with Crippen LogP contribution in [0, 0.1) is 0 Å². The molecule has 6 nitrogen and oxygen atoms in total. The first-order valence-corrected chi connectivity index (χ1v) is 33.3. The van der Waals surface area contributed by atoms with Crippen LogP contribution in [0.4, 0.5) is 0 Å². The third-order valence-corrected chi connectivity index (χ3v) is 13.4. The van der Waals surface area contributed by atoms with E-state index in [1.54, 1.807) is 0 Å². The Balaban J connectivity index is 4.42. The summed E-state index contributed by atoms with van der Waals surface area (Å²) in [5.41, 5.74) is 0.